The van der Waals surface area contributed by atoms with Crippen molar-refractivity contribution in [2.24, 2.45) is 5.10 Å². The highest BCUT2D eigenvalue weighted by atomic mass is 32.2. The first-order valence-corrected chi connectivity index (χ1v) is 10.2. The number of halogens is 1. The molecule has 0 aliphatic rings. The Balaban J connectivity index is 1.65. The molecule has 0 fully saturated rings. The van der Waals surface area contributed by atoms with Gasteiger partial charge in [0.25, 0.3) is 5.91 Å². The van der Waals surface area contributed by atoms with Crippen LogP contribution in [0.25, 0.3) is 5.69 Å². The van der Waals surface area contributed by atoms with E-state index in [1.165, 1.54) is 29.5 Å². The van der Waals surface area contributed by atoms with Crippen molar-refractivity contribution in [2.75, 3.05) is 0 Å². The van der Waals surface area contributed by atoms with E-state index in [1.807, 2.05) is 62.6 Å². The van der Waals surface area contributed by atoms with Crippen molar-refractivity contribution in [3.05, 3.63) is 82.9 Å². The summed E-state index contributed by atoms with van der Waals surface area (Å²) < 4.78 is 15.2. The topological polar surface area (TPSA) is 46.4 Å². The second kappa shape index (κ2) is 9.09. The summed E-state index contributed by atoms with van der Waals surface area (Å²) in [4.78, 5) is 13.4. The van der Waals surface area contributed by atoms with Crippen molar-refractivity contribution in [3.63, 3.8) is 0 Å². The second-order valence-corrected chi connectivity index (χ2v) is 8.36. The van der Waals surface area contributed by atoms with Gasteiger partial charge in [0.15, 0.2) is 0 Å². The van der Waals surface area contributed by atoms with Gasteiger partial charge in [0.2, 0.25) is 0 Å². The van der Waals surface area contributed by atoms with Gasteiger partial charge in [-0.1, -0.05) is 17.7 Å². The normalized spacial score (nSPS) is 12.3. The third kappa shape index (κ3) is 5.15. The smallest absolute Gasteiger partial charge is 0.253 e. The Morgan fingerprint density at radius 1 is 1.10 bits per heavy atom. The molecule has 1 heterocycles. The molecule has 0 aliphatic carbocycles. The van der Waals surface area contributed by atoms with Gasteiger partial charge in [0, 0.05) is 27.5 Å². The number of hydrogen-bond donors (Lipinski definition) is 1. The van der Waals surface area contributed by atoms with Crippen LogP contribution in [0.2, 0.25) is 0 Å². The fourth-order valence-corrected chi connectivity index (χ4v) is 3.90. The molecule has 2 aromatic carbocycles. The summed E-state index contributed by atoms with van der Waals surface area (Å²) in [5, 5.41) is 3.87. The van der Waals surface area contributed by atoms with Gasteiger partial charge in [0.05, 0.1) is 11.5 Å². The first kappa shape index (κ1) is 20.9. The summed E-state index contributed by atoms with van der Waals surface area (Å²) in [6, 6.07) is 16.4. The number of hydrazone groups is 1. The van der Waals surface area contributed by atoms with Gasteiger partial charge in [0.1, 0.15) is 5.82 Å². The largest absolute Gasteiger partial charge is 0.318 e. The molecule has 3 aromatic rings. The highest BCUT2D eigenvalue weighted by molar-refractivity contribution is 8.00. The van der Waals surface area contributed by atoms with Crippen LogP contribution in [0.3, 0.4) is 0 Å². The van der Waals surface area contributed by atoms with E-state index in [4.69, 9.17) is 0 Å². The van der Waals surface area contributed by atoms with E-state index in [2.05, 4.69) is 10.5 Å². The van der Waals surface area contributed by atoms with Crippen LogP contribution in [-0.2, 0) is 4.79 Å². The van der Waals surface area contributed by atoms with Gasteiger partial charge in [-0.2, -0.15) is 5.10 Å². The monoisotopic (exact) mass is 409 g/mol. The van der Waals surface area contributed by atoms with E-state index in [-0.39, 0.29) is 17.0 Å². The minimum Gasteiger partial charge on any atom is -0.318 e. The average molecular weight is 410 g/mol. The maximum Gasteiger partial charge on any atom is 0.253 e. The van der Waals surface area contributed by atoms with E-state index < -0.39 is 0 Å². The summed E-state index contributed by atoms with van der Waals surface area (Å²) in [5.74, 6) is -0.419. The van der Waals surface area contributed by atoms with Crippen molar-refractivity contribution in [1.82, 2.24) is 9.99 Å². The predicted octanol–water partition coefficient (Wildman–Crippen LogP) is 5.17. The molecule has 0 radical (unpaired) electrons. The summed E-state index contributed by atoms with van der Waals surface area (Å²) in [6.45, 7) is 7.84. The Labute approximate surface area is 174 Å². The number of carbonyl (C=O) groups is 1. The average Bonchev–Trinajstić information content (AvgIpc) is 2.97. The molecule has 29 heavy (non-hydrogen) atoms. The molecule has 4 nitrogen and oxygen atoms in total. The van der Waals surface area contributed by atoms with Crippen LogP contribution >= 0.6 is 11.8 Å². The third-order valence-electron chi connectivity index (χ3n) is 4.64. The highest BCUT2D eigenvalue weighted by Crippen LogP contribution is 2.23. The zero-order valence-electron chi connectivity index (χ0n) is 16.9. The van der Waals surface area contributed by atoms with E-state index in [1.54, 1.807) is 18.3 Å². The van der Waals surface area contributed by atoms with Crippen molar-refractivity contribution >= 4 is 23.9 Å². The van der Waals surface area contributed by atoms with Crippen molar-refractivity contribution in [2.45, 2.75) is 37.8 Å². The number of rotatable bonds is 6. The number of aromatic nitrogens is 1. The summed E-state index contributed by atoms with van der Waals surface area (Å²) >= 11 is 1.49. The molecule has 150 valence electrons. The van der Waals surface area contributed by atoms with Crippen molar-refractivity contribution in [3.8, 4) is 5.69 Å². The van der Waals surface area contributed by atoms with Gasteiger partial charge >= 0.3 is 0 Å². The lowest BCUT2D eigenvalue weighted by atomic mass is 10.2. The lowest BCUT2D eigenvalue weighted by Gasteiger charge is -2.10. The van der Waals surface area contributed by atoms with Crippen molar-refractivity contribution < 1.29 is 9.18 Å². The zero-order chi connectivity index (χ0) is 21.0. The molecule has 3 rings (SSSR count). The standard InChI is InChI=1S/C23H24FN3OS/c1-15-5-11-22(12-6-15)29-18(4)23(28)26-25-14-19-13-16(2)27(17(19)3)21-9-7-20(24)8-10-21/h5-14,18H,1-4H3,(H,26,28)/b25-14-/t18-/m0/s1. The van der Waals surface area contributed by atoms with Gasteiger partial charge in [-0.3, -0.25) is 4.79 Å². The minimum atomic E-state index is -0.265. The molecule has 6 heteroatoms. The highest BCUT2D eigenvalue weighted by Gasteiger charge is 2.14. The lowest BCUT2D eigenvalue weighted by molar-refractivity contribution is -0.120. The molecule has 0 unspecified atom stereocenters. The van der Waals surface area contributed by atoms with Crippen LogP contribution in [0.5, 0.6) is 0 Å². The number of benzene rings is 2. The number of nitrogens with one attached hydrogen (secondary N) is 1. The molecule has 1 amide bonds. The lowest BCUT2D eigenvalue weighted by Crippen LogP contribution is -2.26. The predicted molar refractivity (Wildman–Crippen MR) is 117 cm³/mol. The quantitative estimate of drug-likeness (QED) is 0.347. The van der Waals surface area contributed by atoms with Crippen LogP contribution < -0.4 is 5.43 Å². The van der Waals surface area contributed by atoms with E-state index in [9.17, 15) is 9.18 Å². The number of nitrogens with zero attached hydrogens (tertiary/aromatic N) is 2. The van der Waals surface area contributed by atoms with E-state index in [0.29, 0.717) is 0 Å². The molecule has 0 saturated carbocycles. The Morgan fingerprint density at radius 2 is 1.76 bits per heavy atom. The van der Waals surface area contributed by atoms with E-state index >= 15 is 0 Å². The van der Waals surface area contributed by atoms with Gasteiger partial charge in [-0.15, -0.1) is 11.8 Å². The van der Waals surface area contributed by atoms with Gasteiger partial charge in [-0.25, -0.2) is 9.82 Å². The zero-order valence-corrected chi connectivity index (χ0v) is 17.8. The Morgan fingerprint density at radius 3 is 2.41 bits per heavy atom. The van der Waals surface area contributed by atoms with Crippen LogP contribution in [0.4, 0.5) is 4.39 Å². The first-order valence-electron chi connectivity index (χ1n) is 9.36. The molecule has 0 saturated heterocycles. The number of amides is 1. The van der Waals surface area contributed by atoms with Crippen LogP contribution in [0.15, 0.2) is 64.6 Å². The molecule has 0 spiro atoms. The first-order chi connectivity index (χ1) is 13.8. The summed E-state index contributed by atoms with van der Waals surface area (Å²) in [5.41, 5.74) is 7.55. The third-order valence-corrected chi connectivity index (χ3v) is 5.75. The van der Waals surface area contributed by atoms with Gasteiger partial charge < -0.3 is 4.57 Å². The van der Waals surface area contributed by atoms with Crippen LogP contribution in [0.1, 0.15) is 29.4 Å². The van der Waals surface area contributed by atoms with Crippen LogP contribution in [-0.4, -0.2) is 21.9 Å². The second-order valence-electron chi connectivity index (χ2n) is 6.95. The number of hydrogen-bond acceptors (Lipinski definition) is 3. The molecule has 0 bridgehead atoms. The molecule has 0 aliphatic heterocycles. The number of thioether (sulfide) groups is 1. The van der Waals surface area contributed by atoms with E-state index in [0.717, 1.165) is 27.5 Å². The molecule has 1 aromatic heterocycles. The fraction of sp³-hybridized carbons (Fsp3) is 0.217. The fourth-order valence-electron chi connectivity index (χ4n) is 3.04. The summed E-state index contributed by atoms with van der Waals surface area (Å²) in [7, 11) is 0. The van der Waals surface area contributed by atoms with Crippen molar-refractivity contribution in [1.29, 1.82) is 0 Å². The Kier molecular flexibility index (Phi) is 6.54. The molecule has 1 atom stereocenters. The van der Waals surface area contributed by atoms with Crippen LogP contribution in [0, 0.1) is 26.6 Å². The maximum absolute atomic E-state index is 13.2. The number of aryl methyl sites for hydroxylation is 2. The SMILES string of the molecule is Cc1ccc(S[C@@H](C)C(=O)N/N=C\c2cc(C)n(-c3ccc(F)cc3)c2C)cc1. The Bertz CT molecular complexity index is 1020. The molecular formula is C23H24FN3OS. The number of carbonyl (C=O) groups excluding carboxylic acids is 1. The summed E-state index contributed by atoms with van der Waals surface area (Å²) in [6.07, 6.45) is 1.64. The molecular weight excluding hydrogens is 385 g/mol. The maximum atomic E-state index is 13.2. The molecule has 1 N–H and O–H groups in total. The minimum absolute atomic E-state index is 0.154. The van der Waals surface area contributed by atoms with Gasteiger partial charge in [-0.05, 0) is 70.2 Å². The Hall–Kier alpha value is -2.86.